The largest absolute Gasteiger partial charge is 0.396 e. The van der Waals surface area contributed by atoms with Crippen molar-refractivity contribution in [3.05, 3.63) is 24.5 Å². The molecule has 0 bridgehead atoms. The number of aliphatic hydroxyl groups is 1. The number of hydrogen-bond donors (Lipinski definition) is 2. The standard InChI is InChI=1S/C15H21N3O3S/c1-3-11(6-7-19)9-16-15-13-8-12(22(2,20)21)4-5-14(13)17-10-18-15/h4-5,8,10-11,19H,3,6-7,9H2,1-2H3,(H,16,17,18). The third-order valence-electron chi connectivity index (χ3n) is 3.71. The highest BCUT2D eigenvalue weighted by Crippen LogP contribution is 2.23. The van der Waals surface area contributed by atoms with Crippen LogP contribution in [0.4, 0.5) is 5.82 Å². The highest BCUT2D eigenvalue weighted by atomic mass is 32.2. The molecule has 0 fully saturated rings. The van der Waals surface area contributed by atoms with Crippen LogP contribution in [-0.4, -0.2) is 42.9 Å². The van der Waals surface area contributed by atoms with Crippen molar-refractivity contribution < 1.29 is 13.5 Å². The van der Waals surface area contributed by atoms with Gasteiger partial charge in [-0.15, -0.1) is 0 Å². The lowest BCUT2D eigenvalue weighted by atomic mass is 10.0. The Hall–Kier alpha value is -1.73. The number of hydrogen-bond acceptors (Lipinski definition) is 6. The van der Waals surface area contributed by atoms with Crippen LogP contribution in [-0.2, 0) is 9.84 Å². The van der Waals surface area contributed by atoms with Gasteiger partial charge in [-0.1, -0.05) is 13.3 Å². The fraction of sp³-hybridized carbons (Fsp3) is 0.467. The van der Waals surface area contributed by atoms with Crippen LogP contribution in [0.5, 0.6) is 0 Å². The van der Waals surface area contributed by atoms with Gasteiger partial charge in [-0.3, -0.25) is 0 Å². The van der Waals surface area contributed by atoms with Crippen LogP contribution in [0.25, 0.3) is 10.9 Å². The van der Waals surface area contributed by atoms with Crippen molar-refractivity contribution in [1.82, 2.24) is 9.97 Å². The second-order valence-corrected chi connectivity index (χ2v) is 7.36. The first-order valence-corrected chi connectivity index (χ1v) is 9.14. The van der Waals surface area contributed by atoms with Crippen LogP contribution in [0.15, 0.2) is 29.4 Å². The minimum atomic E-state index is -3.27. The molecule has 22 heavy (non-hydrogen) atoms. The quantitative estimate of drug-likeness (QED) is 0.808. The number of nitrogens with one attached hydrogen (secondary N) is 1. The third kappa shape index (κ3) is 3.92. The second-order valence-electron chi connectivity index (χ2n) is 5.34. The van der Waals surface area contributed by atoms with E-state index in [2.05, 4.69) is 22.2 Å². The molecule has 1 aromatic carbocycles. The number of aromatic nitrogens is 2. The van der Waals surface area contributed by atoms with E-state index in [4.69, 9.17) is 5.11 Å². The Bertz CT molecular complexity index is 747. The summed E-state index contributed by atoms with van der Waals surface area (Å²) in [7, 11) is -3.27. The maximum atomic E-state index is 11.7. The smallest absolute Gasteiger partial charge is 0.175 e. The molecule has 0 saturated heterocycles. The SMILES string of the molecule is CCC(CCO)CNc1ncnc2ccc(S(C)(=O)=O)cc12. The van der Waals surface area contributed by atoms with Gasteiger partial charge in [-0.05, 0) is 30.5 Å². The van der Waals surface area contributed by atoms with Crippen molar-refractivity contribution in [3.63, 3.8) is 0 Å². The van der Waals surface area contributed by atoms with Crippen LogP contribution in [0.1, 0.15) is 19.8 Å². The first-order valence-electron chi connectivity index (χ1n) is 7.25. The van der Waals surface area contributed by atoms with Crippen LogP contribution in [0, 0.1) is 5.92 Å². The molecule has 1 heterocycles. The molecule has 0 aliphatic heterocycles. The molecule has 7 heteroatoms. The summed E-state index contributed by atoms with van der Waals surface area (Å²) in [5.41, 5.74) is 0.695. The Balaban J connectivity index is 2.33. The second kappa shape index (κ2) is 7.02. The number of sulfone groups is 1. The molecule has 0 radical (unpaired) electrons. The minimum Gasteiger partial charge on any atom is -0.396 e. The van der Waals surface area contributed by atoms with E-state index in [-0.39, 0.29) is 11.5 Å². The van der Waals surface area contributed by atoms with Crippen LogP contribution in [0.2, 0.25) is 0 Å². The van der Waals surface area contributed by atoms with E-state index in [1.54, 1.807) is 18.2 Å². The summed E-state index contributed by atoms with van der Waals surface area (Å²) in [5.74, 6) is 0.958. The van der Waals surface area contributed by atoms with Gasteiger partial charge in [0.2, 0.25) is 0 Å². The van der Waals surface area contributed by atoms with Crippen LogP contribution < -0.4 is 5.32 Å². The normalized spacial score (nSPS) is 13.2. The number of aliphatic hydroxyl groups excluding tert-OH is 1. The predicted octanol–water partition coefficient (Wildman–Crippen LogP) is 1.85. The molecule has 0 amide bonds. The van der Waals surface area contributed by atoms with Crippen LogP contribution >= 0.6 is 0 Å². The zero-order valence-electron chi connectivity index (χ0n) is 12.8. The van der Waals surface area contributed by atoms with E-state index in [1.807, 2.05) is 0 Å². The van der Waals surface area contributed by atoms with E-state index >= 15 is 0 Å². The summed E-state index contributed by atoms with van der Waals surface area (Å²) in [6.45, 7) is 2.90. The van der Waals surface area contributed by atoms with Gasteiger partial charge in [-0.25, -0.2) is 18.4 Å². The highest BCUT2D eigenvalue weighted by molar-refractivity contribution is 7.90. The summed E-state index contributed by atoms with van der Waals surface area (Å²) < 4.78 is 23.4. The molecule has 120 valence electrons. The Morgan fingerprint density at radius 3 is 2.73 bits per heavy atom. The zero-order chi connectivity index (χ0) is 16.2. The highest BCUT2D eigenvalue weighted by Gasteiger charge is 2.12. The van der Waals surface area contributed by atoms with Gasteiger partial charge >= 0.3 is 0 Å². The Morgan fingerprint density at radius 1 is 1.32 bits per heavy atom. The summed E-state index contributed by atoms with van der Waals surface area (Å²) in [6.07, 6.45) is 4.31. The lowest BCUT2D eigenvalue weighted by Crippen LogP contribution is -2.16. The van der Waals surface area contributed by atoms with Crippen molar-refractivity contribution in [2.24, 2.45) is 5.92 Å². The Kier molecular flexibility index (Phi) is 5.31. The molecule has 2 N–H and O–H groups in total. The van der Waals surface area contributed by atoms with Gasteiger partial charge in [0.15, 0.2) is 9.84 Å². The molecule has 2 aromatic rings. The maximum Gasteiger partial charge on any atom is 0.175 e. The number of anilines is 1. The first-order chi connectivity index (χ1) is 10.5. The van der Waals surface area contributed by atoms with E-state index in [9.17, 15) is 8.42 Å². The predicted molar refractivity (Wildman–Crippen MR) is 86.6 cm³/mol. The lowest BCUT2D eigenvalue weighted by molar-refractivity contribution is 0.258. The Labute approximate surface area is 130 Å². The summed E-state index contributed by atoms with van der Waals surface area (Å²) in [4.78, 5) is 8.63. The molecular weight excluding hydrogens is 302 g/mol. The van der Waals surface area contributed by atoms with Crippen molar-refractivity contribution in [2.75, 3.05) is 24.7 Å². The van der Waals surface area contributed by atoms with E-state index < -0.39 is 9.84 Å². The van der Waals surface area contributed by atoms with Crippen LogP contribution in [0.3, 0.4) is 0 Å². The first kappa shape index (κ1) is 16.6. The molecule has 0 saturated carbocycles. The molecule has 0 aliphatic rings. The van der Waals surface area contributed by atoms with Crippen molar-refractivity contribution in [1.29, 1.82) is 0 Å². The minimum absolute atomic E-state index is 0.156. The number of fused-ring (bicyclic) bond motifs is 1. The van der Waals surface area contributed by atoms with E-state index in [1.165, 1.54) is 12.6 Å². The van der Waals surface area contributed by atoms with E-state index in [0.29, 0.717) is 29.2 Å². The number of rotatable bonds is 7. The lowest BCUT2D eigenvalue weighted by Gasteiger charge is -2.15. The third-order valence-corrected chi connectivity index (χ3v) is 4.82. The van der Waals surface area contributed by atoms with E-state index in [0.717, 1.165) is 12.8 Å². The summed E-state index contributed by atoms with van der Waals surface area (Å²) in [6, 6.07) is 4.83. The molecule has 1 aromatic heterocycles. The maximum absolute atomic E-state index is 11.7. The van der Waals surface area contributed by atoms with Crippen molar-refractivity contribution >= 4 is 26.6 Å². The molecular formula is C15H21N3O3S. The Morgan fingerprint density at radius 2 is 2.09 bits per heavy atom. The molecule has 1 atom stereocenters. The molecule has 1 unspecified atom stereocenters. The van der Waals surface area contributed by atoms with Gasteiger partial charge in [-0.2, -0.15) is 0 Å². The summed E-state index contributed by atoms with van der Waals surface area (Å²) in [5, 5.41) is 13.0. The zero-order valence-corrected chi connectivity index (χ0v) is 13.6. The molecule has 2 rings (SSSR count). The average Bonchev–Trinajstić information content (AvgIpc) is 2.50. The summed E-state index contributed by atoms with van der Waals surface area (Å²) >= 11 is 0. The number of benzene rings is 1. The van der Waals surface area contributed by atoms with Gasteiger partial charge in [0.25, 0.3) is 0 Å². The van der Waals surface area contributed by atoms with Gasteiger partial charge in [0.05, 0.1) is 10.4 Å². The number of nitrogens with zero attached hydrogens (tertiary/aromatic N) is 2. The van der Waals surface area contributed by atoms with Gasteiger partial charge in [0, 0.05) is 24.8 Å². The molecule has 0 spiro atoms. The monoisotopic (exact) mass is 323 g/mol. The molecule has 6 nitrogen and oxygen atoms in total. The van der Waals surface area contributed by atoms with Crippen molar-refractivity contribution in [2.45, 2.75) is 24.7 Å². The van der Waals surface area contributed by atoms with Crippen molar-refractivity contribution in [3.8, 4) is 0 Å². The average molecular weight is 323 g/mol. The molecule has 0 aliphatic carbocycles. The topological polar surface area (TPSA) is 92.2 Å². The fourth-order valence-corrected chi connectivity index (χ4v) is 2.93. The fourth-order valence-electron chi connectivity index (χ4n) is 2.28. The van der Waals surface area contributed by atoms with Gasteiger partial charge in [0.1, 0.15) is 12.1 Å². The van der Waals surface area contributed by atoms with Gasteiger partial charge < -0.3 is 10.4 Å².